The van der Waals surface area contributed by atoms with E-state index < -0.39 is 0 Å². The molecule has 82 valence electrons. The van der Waals surface area contributed by atoms with Gasteiger partial charge < -0.3 is 4.90 Å². The van der Waals surface area contributed by atoms with E-state index in [4.69, 9.17) is 0 Å². The number of pyridine rings is 1. The van der Waals surface area contributed by atoms with Crippen molar-refractivity contribution in [1.29, 1.82) is 0 Å². The van der Waals surface area contributed by atoms with Crippen LogP contribution in [0.2, 0.25) is 0 Å². The van der Waals surface area contributed by atoms with Crippen molar-refractivity contribution in [3.8, 4) is 0 Å². The lowest BCUT2D eigenvalue weighted by atomic mass is 10.1. The van der Waals surface area contributed by atoms with E-state index >= 15 is 0 Å². The zero-order valence-corrected chi connectivity index (χ0v) is 9.82. The Labute approximate surface area is 91.1 Å². The van der Waals surface area contributed by atoms with E-state index in [0.717, 1.165) is 5.69 Å². The first-order valence-electron chi connectivity index (χ1n) is 5.17. The van der Waals surface area contributed by atoms with Crippen LogP contribution >= 0.6 is 0 Å². The lowest BCUT2D eigenvalue weighted by Gasteiger charge is -2.14. The monoisotopic (exact) mass is 206 g/mol. The Morgan fingerprint density at radius 1 is 1.47 bits per heavy atom. The molecular weight excluding hydrogens is 188 g/mol. The predicted octanol–water partition coefficient (Wildman–Crippen LogP) is 2.18. The van der Waals surface area contributed by atoms with Crippen molar-refractivity contribution in [1.82, 2.24) is 9.88 Å². The molecule has 1 heterocycles. The molecule has 0 N–H and O–H groups in total. The molecule has 0 bridgehead atoms. The Kier molecular flexibility index (Phi) is 3.83. The Hall–Kier alpha value is -1.38. The first-order chi connectivity index (χ1) is 7.00. The molecule has 0 aromatic carbocycles. The second-order valence-corrected chi connectivity index (χ2v) is 4.11. The summed E-state index contributed by atoms with van der Waals surface area (Å²) >= 11 is 0. The largest absolute Gasteiger partial charge is 0.340 e. The first kappa shape index (κ1) is 11.7. The summed E-state index contributed by atoms with van der Waals surface area (Å²) in [6.45, 7) is 6.41. The summed E-state index contributed by atoms with van der Waals surface area (Å²) in [4.78, 5) is 17.0. The van der Waals surface area contributed by atoms with Crippen LogP contribution < -0.4 is 0 Å². The number of aromatic nitrogens is 1. The third-order valence-electron chi connectivity index (χ3n) is 2.45. The Morgan fingerprint density at radius 2 is 2.13 bits per heavy atom. The van der Waals surface area contributed by atoms with Gasteiger partial charge in [-0.2, -0.15) is 0 Å². The molecule has 0 atom stereocenters. The third-order valence-corrected chi connectivity index (χ3v) is 2.45. The van der Waals surface area contributed by atoms with Crippen molar-refractivity contribution in [3.05, 3.63) is 29.6 Å². The molecule has 3 heteroatoms. The van der Waals surface area contributed by atoms with Crippen LogP contribution in [0.3, 0.4) is 0 Å². The molecule has 3 nitrogen and oxygen atoms in total. The summed E-state index contributed by atoms with van der Waals surface area (Å²) < 4.78 is 0. The second kappa shape index (κ2) is 4.91. The highest BCUT2D eigenvalue weighted by molar-refractivity contribution is 5.72. The van der Waals surface area contributed by atoms with Gasteiger partial charge in [-0.3, -0.25) is 9.78 Å². The molecule has 1 amide bonds. The fourth-order valence-corrected chi connectivity index (χ4v) is 1.23. The molecule has 0 unspecified atom stereocenters. The van der Waals surface area contributed by atoms with Crippen LogP contribution in [0.4, 0.5) is 0 Å². The average molecular weight is 206 g/mol. The number of nitrogens with zero attached hydrogens (tertiary/aromatic N) is 2. The van der Waals surface area contributed by atoms with E-state index in [1.54, 1.807) is 18.9 Å². The number of hydrogen-bond donors (Lipinski definition) is 0. The van der Waals surface area contributed by atoms with Crippen molar-refractivity contribution in [3.63, 3.8) is 0 Å². The number of carbonyl (C=O) groups is 1. The van der Waals surface area contributed by atoms with Crippen LogP contribution in [0.5, 0.6) is 0 Å². The van der Waals surface area contributed by atoms with Gasteiger partial charge in [0.2, 0.25) is 5.91 Å². The molecule has 0 fully saturated rings. The number of amides is 1. The maximum atomic E-state index is 11.0. The van der Waals surface area contributed by atoms with Crippen molar-refractivity contribution in [2.75, 3.05) is 7.05 Å². The summed E-state index contributed by atoms with van der Waals surface area (Å²) in [6.07, 6.45) is 1.88. The van der Waals surface area contributed by atoms with Crippen LogP contribution in [-0.2, 0) is 11.3 Å². The maximum Gasteiger partial charge on any atom is 0.219 e. The van der Waals surface area contributed by atoms with Gasteiger partial charge in [-0.05, 0) is 17.5 Å². The van der Waals surface area contributed by atoms with Gasteiger partial charge in [0.1, 0.15) is 0 Å². The minimum absolute atomic E-state index is 0.0599. The third kappa shape index (κ3) is 3.35. The molecule has 1 aromatic heterocycles. The molecule has 15 heavy (non-hydrogen) atoms. The summed E-state index contributed by atoms with van der Waals surface area (Å²) in [5.74, 6) is 0.557. The van der Waals surface area contributed by atoms with Crippen molar-refractivity contribution in [2.45, 2.75) is 33.2 Å². The lowest BCUT2D eigenvalue weighted by Crippen LogP contribution is -2.23. The van der Waals surface area contributed by atoms with Crippen LogP contribution in [0.15, 0.2) is 18.3 Å². The number of carbonyl (C=O) groups excluding carboxylic acids is 1. The van der Waals surface area contributed by atoms with E-state index in [1.807, 2.05) is 12.3 Å². The molecular formula is C12H18N2O. The smallest absolute Gasteiger partial charge is 0.219 e. The molecule has 0 aliphatic rings. The predicted molar refractivity (Wildman–Crippen MR) is 60.5 cm³/mol. The topological polar surface area (TPSA) is 33.2 Å². The van der Waals surface area contributed by atoms with Crippen molar-refractivity contribution >= 4 is 5.91 Å². The minimum Gasteiger partial charge on any atom is -0.340 e. The fourth-order valence-electron chi connectivity index (χ4n) is 1.23. The highest BCUT2D eigenvalue weighted by atomic mass is 16.2. The SMILES string of the molecule is CC(=O)N(C)Cc1ccc(C(C)C)cn1. The van der Waals surface area contributed by atoms with Gasteiger partial charge in [-0.15, -0.1) is 0 Å². The van der Waals surface area contributed by atoms with Crippen LogP contribution in [-0.4, -0.2) is 22.8 Å². The number of rotatable bonds is 3. The first-order valence-corrected chi connectivity index (χ1v) is 5.17. The van der Waals surface area contributed by atoms with E-state index in [9.17, 15) is 4.79 Å². The van der Waals surface area contributed by atoms with E-state index in [-0.39, 0.29) is 5.91 Å². The molecule has 0 aliphatic heterocycles. The molecule has 1 aromatic rings. The van der Waals surface area contributed by atoms with Gasteiger partial charge >= 0.3 is 0 Å². The van der Waals surface area contributed by atoms with Gasteiger partial charge in [-0.25, -0.2) is 0 Å². The van der Waals surface area contributed by atoms with Gasteiger partial charge in [0, 0.05) is 20.2 Å². The van der Waals surface area contributed by atoms with Crippen LogP contribution in [0, 0.1) is 0 Å². The lowest BCUT2D eigenvalue weighted by molar-refractivity contribution is -0.128. The zero-order valence-electron chi connectivity index (χ0n) is 9.82. The highest BCUT2D eigenvalue weighted by Gasteiger charge is 2.05. The Morgan fingerprint density at radius 3 is 2.53 bits per heavy atom. The van der Waals surface area contributed by atoms with E-state index in [1.165, 1.54) is 5.56 Å². The summed E-state index contributed by atoms with van der Waals surface area (Å²) in [5.41, 5.74) is 2.15. The average Bonchev–Trinajstić information content (AvgIpc) is 2.18. The summed E-state index contributed by atoms with van der Waals surface area (Å²) in [6, 6.07) is 4.05. The molecule has 1 rings (SSSR count). The molecule has 0 spiro atoms. The minimum atomic E-state index is 0.0599. The fraction of sp³-hybridized carbons (Fsp3) is 0.500. The maximum absolute atomic E-state index is 11.0. The summed E-state index contributed by atoms with van der Waals surface area (Å²) in [7, 11) is 1.78. The van der Waals surface area contributed by atoms with Gasteiger partial charge in [-0.1, -0.05) is 19.9 Å². The molecule has 0 aliphatic carbocycles. The van der Waals surface area contributed by atoms with Gasteiger partial charge in [0.15, 0.2) is 0 Å². The molecule has 0 radical (unpaired) electrons. The quantitative estimate of drug-likeness (QED) is 0.759. The van der Waals surface area contributed by atoms with Crippen LogP contribution in [0.1, 0.15) is 37.9 Å². The number of hydrogen-bond acceptors (Lipinski definition) is 2. The zero-order chi connectivity index (χ0) is 11.4. The van der Waals surface area contributed by atoms with E-state index in [0.29, 0.717) is 12.5 Å². The van der Waals surface area contributed by atoms with Gasteiger partial charge in [0.25, 0.3) is 0 Å². The van der Waals surface area contributed by atoms with Crippen molar-refractivity contribution < 1.29 is 4.79 Å². The second-order valence-electron chi connectivity index (χ2n) is 4.11. The standard InChI is InChI=1S/C12H18N2O/c1-9(2)11-5-6-12(13-7-11)8-14(4)10(3)15/h5-7,9H,8H2,1-4H3. The van der Waals surface area contributed by atoms with Gasteiger partial charge in [0.05, 0.1) is 12.2 Å². The van der Waals surface area contributed by atoms with E-state index in [2.05, 4.69) is 24.9 Å². The van der Waals surface area contributed by atoms with Crippen molar-refractivity contribution in [2.24, 2.45) is 0 Å². The molecule has 0 saturated heterocycles. The Balaban J connectivity index is 2.68. The highest BCUT2D eigenvalue weighted by Crippen LogP contribution is 2.13. The van der Waals surface area contributed by atoms with Crippen LogP contribution in [0.25, 0.3) is 0 Å². The Bertz CT molecular complexity index is 330. The summed E-state index contributed by atoms with van der Waals surface area (Å²) in [5, 5.41) is 0. The molecule has 0 saturated carbocycles. The normalized spacial score (nSPS) is 10.5.